The van der Waals surface area contributed by atoms with E-state index in [4.69, 9.17) is 9.47 Å². The van der Waals surface area contributed by atoms with Crippen LogP contribution in [0, 0.1) is 0 Å². The molecule has 24 heavy (non-hydrogen) atoms. The molecule has 0 aliphatic carbocycles. The van der Waals surface area contributed by atoms with E-state index in [1.807, 2.05) is 42.5 Å². The van der Waals surface area contributed by atoms with Gasteiger partial charge in [-0.25, -0.2) is 4.79 Å². The molecule has 0 heterocycles. The maximum atomic E-state index is 11.6. The van der Waals surface area contributed by atoms with Gasteiger partial charge in [-0.3, -0.25) is 0 Å². The van der Waals surface area contributed by atoms with Crippen LogP contribution >= 0.6 is 0 Å². The minimum Gasteiger partial charge on any atom is -0.490 e. The first-order valence-corrected chi connectivity index (χ1v) is 8.08. The van der Waals surface area contributed by atoms with Crippen LogP contribution in [-0.4, -0.2) is 19.2 Å². The van der Waals surface area contributed by atoms with E-state index < -0.39 is 0 Å². The van der Waals surface area contributed by atoms with E-state index in [1.54, 1.807) is 6.08 Å². The molecule has 0 saturated heterocycles. The van der Waals surface area contributed by atoms with Crippen LogP contribution < -0.4 is 4.74 Å². The molecule has 2 aromatic rings. The van der Waals surface area contributed by atoms with Gasteiger partial charge in [0.15, 0.2) is 0 Å². The van der Waals surface area contributed by atoms with Gasteiger partial charge >= 0.3 is 5.97 Å². The van der Waals surface area contributed by atoms with Crippen molar-refractivity contribution < 1.29 is 14.3 Å². The summed E-state index contributed by atoms with van der Waals surface area (Å²) in [6, 6.07) is 17.6. The van der Waals surface area contributed by atoms with Crippen LogP contribution in [0.3, 0.4) is 0 Å². The van der Waals surface area contributed by atoms with E-state index in [1.165, 1.54) is 11.6 Å². The molecule has 0 fully saturated rings. The molecule has 0 aliphatic rings. The second-order valence-corrected chi connectivity index (χ2v) is 6.53. The highest BCUT2D eigenvalue weighted by molar-refractivity contribution is 5.87. The quantitative estimate of drug-likeness (QED) is 0.442. The Morgan fingerprint density at radius 3 is 2.25 bits per heavy atom. The molecule has 0 N–H and O–H groups in total. The summed E-state index contributed by atoms with van der Waals surface area (Å²) in [6.07, 6.45) is 3.15. The van der Waals surface area contributed by atoms with Gasteiger partial charge in [-0.2, -0.15) is 0 Å². The van der Waals surface area contributed by atoms with E-state index in [-0.39, 0.29) is 18.0 Å². The van der Waals surface area contributed by atoms with Crippen molar-refractivity contribution >= 4 is 12.0 Å². The third-order valence-electron chi connectivity index (χ3n) is 3.53. The largest absolute Gasteiger partial charge is 0.490 e. The molecule has 0 aliphatic heterocycles. The van der Waals surface area contributed by atoms with Gasteiger partial charge in [0.2, 0.25) is 0 Å². The molecule has 126 valence electrons. The monoisotopic (exact) mass is 324 g/mol. The Labute approximate surface area is 143 Å². The lowest BCUT2D eigenvalue weighted by atomic mass is 9.87. The summed E-state index contributed by atoms with van der Waals surface area (Å²) in [4.78, 5) is 11.6. The van der Waals surface area contributed by atoms with Crippen molar-refractivity contribution in [3.05, 3.63) is 71.8 Å². The predicted molar refractivity (Wildman–Crippen MR) is 97.1 cm³/mol. The summed E-state index contributed by atoms with van der Waals surface area (Å²) in [7, 11) is 0. The van der Waals surface area contributed by atoms with Gasteiger partial charge in [-0.15, -0.1) is 0 Å². The summed E-state index contributed by atoms with van der Waals surface area (Å²) in [5.74, 6) is 0.407. The first-order chi connectivity index (χ1) is 11.4. The number of hydrogen-bond acceptors (Lipinski definition) is 3. The lowest BCUT2D eigenvalue weighted by Gasteiger charge is -2.19. The smallest absolute Gasteiger partial charge is 0.330 e. The van der Waals surface area contributed by atoms with Gasteiger partial charge in [-0.1, -0.05) is 63.2 Å². The Kier molecular flexibility index (Phi) is 6.19. The van der Waals surface area contributed by atoms with Crippen LogP contribution in [0.1, 0.15) is 31.9 Å². The molecule has 0 amide bonds. The van der Waals surface area contributed by atoms with Gasteiger partial charge in [-0.05, 0) is 34.8 Å². The minimum absolute atomic E-state index is 0.124. The number of hydrogen-bond donors (Lipinski definition) is 0. The first kappa shape index (κ1) is 17.8. The first-order valence-electron chi connectivity index (χ1n) is 8.08. The summed E-state index contributed by atoms with van der Waals surface area (Å²) in [6.45, 7) is 7.07. The molecule has 2 aromatic carbocycles. The van der Waals surface area contributed by atoms with Crippen molar-refractivity contribution in [3.63, 3.8) is 0 Å². The topological polar surface area (TPSA) is 35.5 Å². The third-order valence-corrected chi connectivity index (χ3v) is 3.53. The highest BCUT2D eigenvalue weighted by Gasteiger charge is 2.12. The fourth-order valence-electron chi connectivity index (χ4n) is 2.13. The van der Waals surface area contributed by atoms with Crippen LogP contribution in [-0.2, 0) is 14.9 Å². The van der Waals surface area contributed by atoms with Crippen LogP contribution in [0.5, 0.6) is 5.75 Å². The molecule has 3 heteroatoms. The van der Waals surface area contributed by atoms with Gasteiger partial charge in [0.05, 0.1) is 0 Å². The SMILES string of the molecule is CC(C)(C)c1ccc(OCCOC(=O)C=Cc2ccccc2)cc1. The minimum atomic E-state index is -0.370. The molecule has 3 nitrogen and oxygen atoms in total. The van der Waals surface area contributed by atoms with Crippen molar-refractivity contribution in [2.45, 2.75) is 26.2 Å². The fourth-order valence-corrected chi connectivity index (χ4v) is 2.13. The molecule has 0 radical (unpaired) electrons. The van der Waals surface area contributed by atoms with Crippen molar-refractivity contribution in [2.24, 2.45) is 0 Å². The summed E-state index contributed by atoms with van der Waals surface area (Å²) in [5, 5.41) is 0. The normalized spacial score (nSPS) is 11.5. The maximum Gasteiger partial charge on any atom is 0.330 e. The zero-order valence-corrected chi connectivity index (χ0v) is 14.5. The summed E-state index contributed by atoms with van der Waals surface area (Å²) < 4.78 is 10.7. The molecule has 2 rings (SSSR count). The predicted octanol–water partition coefficient (Wildman–Crippen LogP) is 4.62. The van der Waals surface area contributed by atoms with Gasteiger partial charge in [0.25, 0.3) is 0 Å². The van der Waals surface area contributed by atoms with E-state index in [2.05, 4.69) is 32.9 Å². The summed E-state index contributed by atoms with van der Waals surface area (Å²) in [5.41, 5.74) is 2.34. The Balaban J connectivity index is 1.71. The molecule has 0 spiro atoms. The van der Waals surface area contributed by atoms with Gasteiger partial charge < -0.3 is 9.47 Å². The second-order valence-electron chi connectivity index (χ2n) is 6.53. The highest BCUT2D eigenvalue weighted by Crippen LogP contribution is 2.24. The van der Waals surface area contributed by atoms with Crippen LogP contribution in [0.25, 0.3) is 6.08 Å². The third kappa shape index (κ3) is 5.92. The lowest BCUT2D eigenvalue weighted by Crippen LogP contribution is -2.12. The molecule has 0 atom stereocenters. The zero-order chi connectivity index (χ0) is 17.4. The molecular weight excluding hydrogens is 300 g/mol. The van der Waals surface area contributed by atoms with Crippen molar-refractivity contribution in [3.8, 4) is 5.75 Å². The van der Waals surface area contributed by atoms with E-state index in [0.717, 1.165) is 11.3 Å². The van der Waals surface area contributed by atoms with E-state index >= 15 is 0 Å². The number of rotatable bonds is 6. The average molecular weight is 324 g/mol. The fraction of sp³-hybridized carbons (Fsp3) is 0.286. The van der Waals surface area contributed by atoms with Crippen LogP contribution in [0.15, 0.2) is 60.7 Å². The van der Waals surface area contributed by atoms with Gasteiger partial charge in [0.1, 0.15) is 19.0 Å². The number of ether oxygens (including phenoxy) is 2. The van der Waals surface area contributed by atoms with E-state index in [0.29, 0.717) is 6.61 Å². The standard InChI is InChI=1S/C21H24O3/c1-21(2,3)18-10-12-19(13-11-18)23-15-16-24-20(22)14-9-17-7-5-4-6-8-17/h4-14H,15-16H2,1-3H3. The Bertz CT molecular complexity index is 664. The van der Waals surface area contributed by atoms with Crippen LogP contribution in [0.2, 0.25) is 0 Å². The van der Waals surface area contributed by atoms with Crippen molar-refractivity contribution in [1.29, 1.82) is 0 Å². The molecular formula is C21H24O3. The molecule has 0 unspecified atom stereocenters. The van der Waals surface area contributed by atoms with Gasteiger partial charge in [0, 0.05) is 6.08 Å². The van der Waals surface area contributed by atoms with Crippen molar-refractivity contribution in [1.82, 2.24) is 0 Å². The lowest BCUT2D eigenvalue weighted by molar-refractivity contribution is -0.138. The highest BCUT2D eigenvalue weighted by atomic mass is 16.6. The van der Waals surface area contributed by atoms with Crippen molar-refractivity contribution in [2.75, 3.05) is 13.2 Å². The number of benzene rings is 2. The average Bonchev–Trinajstić information content (AvgIpc) is 2.57. The Morgan fingerprint density at radius 1 is 0.958 bits per heavy atom. The summed E-state index contributed by atoms with van der Waals surface area (Å²) >= 11 is 0. The maximum absolute atomic E-state index is 11.6. The van der Waals surface area contributed by atoms with E-state index in [9.17, 15) is 4.79 Å². The van der Waals surface area contributed by atoms with Crippen LogP contribution in [0.4, 0.5) is 0 Å². The Morgan fingerprint density at radius 2 is 1.62 bits per heavy atom. The second kappa shape index (κ2) is 8.34. The molecule has 0 bridgehead atoms. The number of esters is 1. The number of carbonyl (C=O) groups is 1. The number of carbonyl (C=O) groups excluding carboxylic acids is 1. The molecule has 0 aromatic heterocycles. The molecule has 0 saturated carbocycles. The Hall–Kier alpha value is -2.55. The zero-order valence-electron chi connectivity index (χ0n) is 14.5.